The quantitative estimate of drug-likeness (QED) is 0.914. The van der Waals surface area contributed by atoms with Gasteiger partial charge < -0.3 is 9.67 Å². The largest absolute Gasteiger partial charge is 0.481 e. The Bertz CT molecular complexity index is 605. The molecule has 1 heterocycles. The van der Waals surface area contributed by atoms with Crippen LogP contribution in [0.15, 0.2) is 36.9 Å². The number of aromatic nitrogens is 2. The third-order valence-electron chi connectivity index (χ3n) is 3.81. The van der Waals surface area contributed by atoms with E-state index in [1.54, 1.807) is 12.5 Å². The second kappa shape index (κ2) is 4.53. The van der Waals surface area contributed by atoms with Crippen LogP contribution in [0.2, 0.25) is 0 Å². The molecule has 4 nitrogen and oxygen atoms in total. The third kappa shape index (κ3) is 2.38. The molecule has 1 saturated carbocycles. The summed E-state index contributed by atoms with van der Waals surface area (Å²) in [6, 6.07) is 6.29. The van der Waals surface area contributed by atoms with Crippen LogP contribution in [0.3, 0.4) is 0 Å². The van der Waals surface area contributed by atoms with E-state index in [-0.39, 0.29) is 11.8 Å². The van der Waals surface area contributed by atoms with Crippen molar-refractivity contribution in [3.63, 3.8) is 0 Å². The molecular weight excluding hydrogens is 240 g/mol. The zero-order chi connectivity index (χ0) is 13.4. The fourth-order valence-corrected chi connectivity index (χ4v) is 2.54. The second-order valence-corrected chi connectivity index (χ2v) is 5.21. The molecule has 0 saturated heterocycles. The number of nitrogens with zero attached hydrogens (tertiary/aromatic N) is 2. The number of carbonyl (C=O) groups is 1. The lowest BCUT2D eigenvalue weighted by Crippen LogP contribution is -2.01. The maximum atomic E-state index is 10.9. The van der Waals surface area contributed by atoms with Gasteiger partial charge in [0.25, 0.3) is 0 Å². The Kier molecular flexibility index (Phi) is 2.85. The molecule has 1 aliphatic rings. The first-order chi connectivity index (χ1) is 9.15. The number of aliphatic carboxylic acids is 1. The lowest BCUT2D eigenvalue weighted by Gasteiger charge is -2.09. The Morgan fingerprint density at radius 2 is 2.37 bits per heavy atom. The highest BCUT2D eigenvalue weighted by atomic mass is 16.4. The Balaban J connectivity index is 1.77. The average molecular weight is 256 g/mol. The lowest BCUT2D eigenvalue weighted by molar-refractivity contribution is -0.138. The molecule has 0 spiro atoms. The first kappa shape index (κ1) is 12.0. The highest BCUT2D eigenvalue weighted by Gasteiger charge is 2.44. The monoisotopic (exact) mass is 256 g/mol. The van der Waals surface area contributed by atoms with Gasteiger partial charge in [-0.1, -0.05) is 18.2 Å². The van der Waals surface area contributed by atoms with Crippen molar-refractivity contribution in [3.05, 3.63) is 53.6 Å². The second-order valence-electron chi connectivity index (χ2n) is 5.21. The average Bonchev–Trinajstić information content (AvgIpc) is 3.03. The molecule has 2 aromatic rings. The van der Waals surface area contributed by atoms with Crippen LogP contribution in [-0.4, -0.2) is 20.6 Å². The van der Waals surface area contributed by atoms with E-state index in [0.29, 0.717) is 0 Å². The number of hydrogen-bond acceptors (Lipinski definition) is 2. The Hall–Kier alpha value is -2.10. The molecule has 1 aromatic heterocycles. The van der Waals surface area contributed by atoms with Gasteiger partial charge >= 0.3 is 5.97 Å². The molecule has 1 N–H and O–H groups in total. The Labute approximate surface area is 111 Å². The Morgan fingerprint density at radius 3 is 2.95 bits per heavy atom. The molecule has 19 heavy (non-hydrogen) atoms. The van der Waals surface area contributed by atoms with Gasteiger partial charge in [0.1, 0.15) is 0 Å². The summed E-state index contributed by atoms with van der Waals surface area (Å²) in [5, 5.41) is 8.97. The van der Waals surface area contributed by atoms with Crippen LogP contribution < -0.4 is 0 Å². The first-order valence-electron chi connectivity index (χ1n) is 6.43. The topological polar surface area (TPSA) is 55.1 Å². The van der Waals surface area contributed by atoms with Gasteiger partial charge in [-0.05, 0) is 36.0 Å². The minimum Gasteiger partial charge on any atom is -0.481 e. The van der Waals surface area contributed by atoms with Gasteiger partial charge in [0.05, 0.1) is 12.2 Å². The lowest BCUT2D eigenvalue weighted by atomic mass is 10.0. The fraction of sp³-hybridized carbons (Fsp3) is 0.333. The molecule has 1 aromatic carbocycles. The number of rotatable bonds is 4. The zero-order valence-corrected chi connectivity index (χ0v) is 10.8. The number of carboxylic acid groups (broad SMARTS) is 1. The van der Waals surface area contributed by atoms with Gasteiger partial charge in [0, 0.05) is 18.9 Å². The number of hydrogen-bond donors (Lipinski definition) is 1. The van der Waals surface area contributed by atoms with E-state index in [1.165, 1.54) is 11.1 Å². The van der Waals surface area contributed by atoms with Gasteiger partial charge in [-0.25, -0.2) is 4.98 Å². The standard InChI is InChI=1S/C15H16N2O2/c1-10-6-11(13-7-14(13)15(18)19)2-3-12(10)8-17-5-4-16-9-17/h2-6,9,13-14H,7-8H2,1H3,(H,18,19)/t13-,14+/m1/s1. The van der Waals surface area contributed by atoms with Crippen LogP contribution in [-0.2, 0) is 11.3 Å². The van der Waals surface area contributed by atoms with E-state index >= 15 is 0 Å². The van der Waals surface area contributed by atoms with Crippen molar-refractivity contribution in [1.29, 1.82) is 0 Å². The van der Waals surface area contributed by atoms with Crippen LogP contribution >= 0.6 is 0 Å². The summed E-state index contributed by atoms with van der Waals surface area (Å²) in [6.45, 7) is 2.88. The van der Waals surface area contributed by atoms with Crippen molar-refractivity contribution in [3.8, 4) is 0 Å². The van der Waals surface area contributed by atoms with E-state index in [4.69, 9.17) is 5.11 Å². The van der Waals surface area contributed by atoms with Crippen molar-refractivity contribution < 1.29 is 9.90 Å². The number of aryl methyl sites for hydroxylation is 1. The van der Waals surface area contributed by atoms with Crippen LogP contribution in [0.1, 0.15) is 29.0 Å². The van der Waals surface area contributed by atoms with Gasteiger partial charge in [-0.3, -0.25) is 4.79 Å². The molecular formula is C15H16N2O2. The van der Waals surface area contributed by atoms with E-state index in [0.717, 1.165) is 18.5 Å². The molecule has 2 atom stereocenters. The van der Waals surface area contributed by atoms with Crippen LogP contribution in [0.4, 0.5) is 0 Å². The molecule has 0 aliphatic heterocycles. The SMILES string of the molecule is Cc1cc([C@H]2C[C@@H]2C(=O)O)ccc1Cn1ccnc1. The predicted octanol–water partition coefficient (Wildman–Crippen LogP) is 2.43. The number of carboxylic acids is 1. The molecule has 4 heteroatoms. The highest BCUT2D eigenvalue weighted by molar-refractivity contribution is 5.75. The van der Waals surface area contributed by atoms with Gasteiger partial charge in [-0.15, -0.1) is 0 Å². The van der Waals surface area contributed by atoms with Crippen molar-refractivity contribution in [1.82, 2.24) is 9.55 Å². The summed E-state index contributed by atoms with van der Waals surface area (Å²) in [4.78, 5) is 14.9. The molecule has 0 unspecified atom stereocenters. The molecule has 1 fully saturated rings. The summed E-state index contributed by atoms with van der Waals surface area (Å²) < 4.78 is 2.03. The summed E-state index contributed by atoms with van der Waals surface area (Å²) in [5.74, 6) is -0.650. The summed E-state index contributed by atoms with van der Waals surface area (Å²) in [6.07, 6.45) is 6.28. The van der Waals surface area contributed by atoms with Crippen LogP contribution in [0.25, 0.3) is 0 Å². The first-order valence-corrected chi connectivity index (χ1v) is 6.43. The van der Waals surface area contributed by atoms with Gasteiger partial charge in [-0.2, -0.15) is 0 Å². The zero-order valence-electron chi connectivity index (χ0n) is 10.8. The number of imidazole rings is 1. The minimum atomic E-state index is -0.676. The molecule has 0 radical (unpaired) electrons. The van der Waals surface area contributed by atoms with Gasteiger partial charge in [0.2, 0.25) is 0 Å². The van der Waals surface area contributed by atoms with Crippen molar-refractivity contribution >= 4 is 5.97 Å². The smallest absolute Gasteiger partial charge is 0.307 e. The molecule has 0 amide bonds. The summed E-state index contributed by atoms with van der Waals surface area (Å²) in [7, 11) is 0. The normalized spacial score (nSPS) is 21.3. The minimum absolute atomic E-state index is 0.182. The third-order valence-corrected chi connectivity index (χ3v) is 3.81. The van der Waals surface area contributed by atoms with Crippen molar-refractivity contribution in [2.24, 2.45) is 5.92 Å². The molecule has 98 valence electrons. The van der Waals surface area contributed by atoms with Crippen LogP contribution in [0, 0.1) is 12.8 Å². The van der Waals surface area contributed by atoms with Crippen molar-refractivity contribution in [2.75, 3.05) is 0 Å². The maximum Gasteiger partial charge on any atom is 0.307 e. The fourth-order valence-electron chi connectivity index (χ4n) is 2.54. The van der Waals surface area contributed by atoms with E-state index in [1.807, 2.05) is 10.8 Å². The summed E-state index contributed by atoms with van der Waals surface area (Å²) >= 11 is 0. The van der Waals surface area contributed by atoms with Crippen molar-refractivity contribution in [2.45, 2.75) is 25.8 Å². The Morgan fingerprint density at radius 1 is 1.53 bits per heavy atom. The maximum absolute atomic E-state index is 10.9. The van der Waals surface area contributed by atoms with E-state index in [9.17, 15) is 4.79 Å². The number of benzene rings is 1. The molecule has 3 rings (SSSR count). The predicted molar refractivity (Wildman–Crippen MR) is 71.0 cm³/mol. The molecule has 0 bridgehead atoms. The van der Waals surface area contributed by atoms with E-state index < -0.39 is 5.97 Å². The van der Waals surface area contributed by atoms with Gasteiger partial charge in [0.15, 0.2) is 0 Å². The summed E-state index contributed by atoms with van der Waals surface area (Å²) in [5.41, 5.74) is 3.61. The molecule has 1 aliphatic carbocycles. The van der Waals surface area contributed by atoms with E-state index in [2.05, 4.69) is 30.1 Å². The highest BCUT2D eigenvalue weighted by Crippen LogP contribution is 2.47. The van der Waals surface area contributed by atoms with Crippen LogP contribution in [0.5, 0.6) is 0 Å².